The van der Waals surface area contributed by atoms with Crippen LogP contribution in [-0.2, 0) is 4.79 Å². The van der Waals surface area contributed by atoms with E-state index < -0.39 is 11.4 Å². The fraction of sp³-hybridized carbons (Fsp3) is 0.923. The molecule has 0 saturated carbocycles. The molecule has 1 aliphatic heterocycles. The van der Waals surface area contributed by atoms with Crippen molar-refractivity contribution in [3.8, 4) is 0 Å². The fourth-order valence-corrected chi connectivity index (χ4v) is 2.01. The number of rotatable bonds is 7. The zero-order valence-corrected chi connectivity index (χ0v) is 11.4. The summed E-state index contributed by atoms with van der Waals surface area (Å²) in [4.78, 5) is 15.7. The summed E-state index contributed by atoms with van der Waals surface area (Å²) in [5.74, 6) is -0.703. The third kappa shape index (κ3) is 5.04. The Hall–Kier alpha value is -0.610. The van der Waals surface area contributed by atoms with E-state index in [0.29, 0.717) is 6.42 Å². The number of hydrogen-bond acceptors (Lipinski definition) is 3. The topological polar surface area (TPSA) is 43.8 Å². The van der Waals surface area contributed by atoms with Crippen LogP contribution in [0.15, 0.2) is 0 Å². The summed E-state index contributed by atoms with van der Waals surface area (Å²) in [7, 11) is 2.08. The first-order valence-corrected chi connectivity index (χ1v) is 6.56. The molecule has 4 nitrogen and oxygen atoms in total. The first-order chi connectivity index (χ1) is 7.92. The number of hydrogen-bond donors (Lipinski definition) is 1. The van der Waals surface area contributed by atoms with Gasteiger partial charge in [0.1, 0.15) is 0 Å². The molecule has 1 heterocycles. The van der Waals surface area contributed by atoms with Gasteiger partial charge in [0, 0.05) is 13.1 Å². The van der Waals surface area contributed by atoms with Crippen LogP contribution in [0.4, 0.5) is 0 Å². The molecule has 0 aromatic rings. The van der Waals surface area contributed by atoms with E-state index in [1.165, 1.54) is 25.9 Å². The second-order valence-electron chi connectivity index (χ2n) is 5.79. The Morgan fingerprint density at radius 3 is 2.41 bits per heavy atom. The van der Waals surface area contributed by atoms with E-state index in [0.717, 1.165) is 19.6 Å². The molecule has 1 aliphatic rings. The summed E-state index contributed by atoms with van der Waals surface area (Å²) < 4.78 is 0. The van der Waals surface area contributed by atoms with Crippen molar-refractivity contribution in [2.45, 2.75) is 33.1 Å². The highest BCUT2D eigenvalue weighted by atomic mass is 16.4. The van der Waals surface area contributed by atoms with Gasteiger partial charge in [-0.2, -0.15) is 0 Å². The lowest BCUT2D eigenvalue weighted by atomic mass is 9.89. The van der Waals surface area contributed by atoms with Gasteiger partial charge in [-0.1, -0.05) is 0 Å². The van der Waals surface area contributed by atoms with Gasteiger partial charge >= 0.3 is 5.97 Å². The highest BCUT2D eigenvalue weighted by Crippen LogP contribution is 2.20. The van der Waals surface area contributed by atoms with Crippen LogP contribution in [0.3, 0.4) is 0 Å². The molecule has 4 heteroatoms. The molecule has 17 heavy (non-hydrogen) atoms. The third-order valence-electron chi connectivity index (χ3n) is 3.69. The van der Waals surface area contributed by atoms with E-state index >= 15 is 0 Å². The average Bonchev–Trinajstić information content (AvgIpc) is 2.76. The first kappa shape index (κ1) is 14.5. The summed E-state index contributed by atoms with van der Waals surface area (Å²) in [6.45, 7) is 9.06. The minimum Gasteiger partial charge on any atom is -0.481 e. The number of carboxylic acid groups (broad SMARTS) is 1. The zero-order valence-electron chi connectivity index (χ0n) is 11.4. The molecule has 1 N–H and O–H groups in total. The van der Waals surface area contributed by atoms with Crippen molar-refractivity contribution in [2.24, 2.45) is 5.41 Å². The number of carbonyl (C=O) groups is 1. The van der Waals surface area contributed by atoms with E-state index in [2.05, 4.69) is 16.8 Å². The van der Waals surface area contributed by atoms with E-state index in [9.17, 15) is 4.79 Å². The van der Waals surface area contributed by atoms with Crippen LogP contribution < -0.4 is 0 Å². The number of likely N-dealkylation sites (tertiary alicyclic amines) is 1. The molecular weight excluding hydrogens is 216 g/mol. The largest absolute Gasteiger partial charge is 0.481 e. The molecule has 1 saturated heterocycles. The molecule has 1 fully saturated rings. The van der Waals surface area contributed by atoms with Crippen molar-refractivity contribution in [2.75, 3.05) is 39.8 Å². The van der Waals surface area contributed by atoms with E-state index in [1.54, 1.807) is 13.8 Å². The molecule has 0 amide bonds. The highest BCUT2D eigenvalue weighted by molar-refractivity contribution is 5.73. The fourth-order valence-electron chi connectivity index (χ4n) is 2.01. The van der Waals surface area contributed by atoms with Crippen molar-refractivity contribution in [3.05, 3.63) is 0 Å². The van der Waals surface area contributed by atoms with Gasteiger partial charge in [-0.25, -0.2) is 0 Å². The normalized spacial score (nSPS) is 17.9. The van der Waals surface area contributed by atoms with Crippen molar-refractivity contribution >= 4 is 5.97 Å². The lowest BCUT2D eigenvalue weighted by Crippen LogP contribution is -2.35. The molecule has 0 aromatic carbocycles. The van der Waals surface area contributed by atoms with Gasteiger partial charge in [0.15, 0.2) is 0 Å². The summed E-state index contributed by atoms with van der Waals surface area (Å²) >= 11 is 0. The van der Waals surface area contributed by atoms with Gasteiger partial charge in [-0.3, -0.25) is 4.79 Å². The molecule has 0 radical (unpaired) electrons. The van der Waals surface area contributed by atoms with E-state index in [-0.39, 0.29) is 0 Å². The number of nitrogens with zero attached hydrogens (tertiary/aromatic N) is 2. The minimum absolute atomic E-state index is 0.609. The maximum absolute atomic E-state index is 11.0. The Balaban J connectivity index is 2.16. The Kier molecular flexibility index (Phi) is 5.40. The predicted octanol–water partition coefficient (Wildman–Crippen LogP) is 1.51. The quantitative estimate of drug-likeness (QED) is 0.735. The third-order valence-corrected chi connectivity index (χ3v) is 3.69. The SMILES string of the molecule is CN(CCN1CCCC1)CCC(C)(C)C(=O)O. The highest BCUT2D eigenvalue weighted by Gasteiger charge is 2.26. The maximum Gasteiger partial charge on any atom is 0.309 e. The van der Waals surface area contributed by atoms with Gasteiger partial charge in [0.25, 0.3) is 0 Å². The molecule has 100 valence electrons. The zero-order chi connectivity index (χ0) is 12.9. The molecule has 0 aromatic heterocycles. The van der Waals surface area contributed by atoms with E-state index in [4.69, 9.17) is 5.11 Å². The van der Waals surface area contributed by atoms with Crippen LogP contribution in [0.25, 0.3) is 0 Å². The standard InChI is InChI=1S/C13H26N2O2/c1-13(2,12(16)17)6-9-14(3)10-11-15-7-4-5-8-15/h4-11H2,1-3H3,(H,16,17). The predicted molar refractivity (Wildman–Crippen MR) is 69.2 cm³/mol. The summed E-state index contributed by atoms with van der Waals surface area (Å²) in [6, 6.07) is 0. The molecular formula is C13H26N2O2. The van der Waals surface area contributed by atoms with Crippen LogP contribution in [0.5, 0.6) is 0 Å². The Bertz CT molecular complexity index is 248. The van der Waals surface area contributed by atoms with Gasteiger partial charge in [-0.05, 0) is 59.8 Å². The Morgan fingerprint density at radius 1 is 1.29 bits per heavy atom. The molecule has 0 atom stereocenters. The summed E-state index contributed by atoms with van der Waals surface area (Å²) in [6.07, 6.45) is 3.37. The Labute approximate surface area is 105 Å². The van der Waals surface area contributed by atoms with Crippen LogP contribution >= 0.6 is 0 Å². The number of likely N-dealkylation sites (N-methyl/N-ethyl adjacent to an activating group) is 1. The van der Waals surface area contributed by atoms with Crippen LogP contribution in [0, 0.1) is 5.41 Å². The average molecular weight is 242 g/mol. The van der Waals surface area contributed by atoms with Crippen molar-refractivity contribution in [3.63, 3.8) is 0 Å². The summed E-state index contributed by atoms with van der Waals surface area (Å²) in [5.41, 5.74) is -0.609. The molecule has 0 aliphatic carbocycles. The molecule has 0 bridgehead atoms. The van der Waals surface area contributed by atoms with Gasteiger partial charge in [0.2, 0.25) is 0 Å². The minimum atomic E-state index is -0.703. The monoisotopic (exact) mass is 242 g/mol. The number of aliphatic carboxylic acids is 1. The first-order valence-electron chi connectivity index (χ1n) is 6.56. The maximum atomic E-state index is 11.0. The van der Waals surface area contributed by atoms with Crippen LogP contribution in [0.1, 0.15) is 33.1 Å². The Morgan fingerprint density at radius 2 is 1.88 bits per heavy atom. The second-order valence-corrected chi connectivity index (χ2v) is 5.79. The molecule has 1 rings (SSSR count). The molecule has 0 unspecified atom stereocenters. The molecule has 0 spiro atoms. The van der Waals surface area contributed by atoms with Crippen molar-refractivity contribution in [1.82, 2.24) is 9.80 Å². The number of carboxylic acids is 1. The van der Waals surface area contributed by atoms with Gasteiger partial charge < -0.3 is 14.9 Å². The van der Waals surface area contributed by atoms with Crippen molar-refractivity contribution < 1.29 is 9.90 Å². The van der Waals surface area contributed by atoms with Crippen LogP contribution in [-0.4, -0.2) is 60.6 Å². The lowest BCUT2D eigenvalue weighted by Gasteiger charge is -2.25. The second kappa shape index (κ2) is 6.36. The van der Waals surface area contributed by atoms with Gasteiger partial charge in [-0.15, -0.1) is 0 Å². The summed E-state index contributed by atoms with van der Waals surface area (Å²) in [5, 5.41) is 9.03. The lowest BCUT2D eigenvalue weighted by molar-refractivity contribution is -0.147. The van der Waals surface area contributed by atoms with Crippen molar-refractivity contribution in [1.29, 1.82) is 0 Å². The smallest absolute Gasteiger partial charge is 0.309 e. The van der Waals surface area contributed by atoms with Crippen LogP contribution in [0.2, 0.25) is 0 Å². The van der Waals surface area contributed by atoms with Gasteiger partial charge in [0.05, 0.1) is 5.41 Å². The van der Waals surface area contributed by atoms with E-state index in [1.807, 2.05) is 0 Å².